The quantitative estimate of drug-likeness (QED) is 0.0913. The van der Waals surface area contributed by atoms with Gasteiger partial charge in [0.2, 0.25) is 17.2 Å². The lowest BCUT2D eigenvalue weighted by Gasteiger charge is -2.60. The molecule has 274 valence electrons. The molecule has 2 heterocycles. The molecule has 1 aliphatic heterocycles. The summed E-state index contributed by atoms with van der Waals surface area (Å²) in [6, 6.07) is 9.87. The Morgan fingerprint density at radius 1 is 0.808 bits per heavy atom. The van der Waals surface area contributed by atoms with Crippen molar-refractivity contribution in [3.05, 3.63) is 81.3 Å². The number of anilines is 6. The number of nitrogen functional groups attached to an aromatic ring is 1. The molecule has 6 rings (SSSR count). The molecule has 1 saturated heterocycles. The molecule has 52 heavy (non-hydrogen) atoms. The van der Waals surface area contributed by atoms with Gasteiger partial charge in [-0.05, 0) is 76.4 Å². The Morgan fingerprint density at radius 2 is 1.37 bits per heavy atom. The number of nitrogens with two attached hydrogens (primary N) is 1. The SMILES string of the molecule is CC1(C)CC(Nc2nc(Cl)nc(Nc3ccc(Nc4cc(S(=O)(=O)O)c(N)c5c4C(=O)c4ccccc4C5=O)cc3S(=O)(=O)O)n2)CC(C)(C)N1[O-]. The van der Waals surface area contributed by atoms with Gasteiger partial charge in [0.1, 0.15) is 9.79 Å². The van der Waals surface area contributed by atoms with E-state index >= 15 is 0 Å². The molecule has 0 amide bonds. The van der Waals surface area contributed by atoms with Crippen molar-refractivity contribution in [2.75, 3.05) is 21.7 Å². The maximum Gasteiger partial charge on any atom is 0.296 e. The van der Waals surface area contributed by atoms with E-state index in [4.69, 9.17) is 17.3 Å². The van der Waals surface area contributed by atoms with Crippen LogP contribution in [0, 0.1) is 5.21 Å². The van der Waals surface area contributed by atoms with Crippen LogP contribution >= 0.6 is 11.6 Å². The van der Waals surface area contributed by atoms with Crippen molar-refractivity contribution in [3.63, 3.8) is 0 Å². The number of halogens is 1. The standard InChI is InChI=1S/C32H32ClN8O9S2/c1-31(2)13-16(14-32(3,4)41(31)44)36-29-38-28(33)39-30(40-29)37-19-10-9-15(11-21(19)51(45,46)47)35-20-12-22(52(48,49)50)25(34)24-23(20)26(42)17-7-5-6-8-18(17)27(24)43/h5-12,16,35H,13-14,34H2,1-4H3,(H,45,46,47)(H,48,49,50)(H2,36,37,38,39,40)/q-1. The largest absolute Gasteiger partial charge is 0.784 e. The molecular formula is C32H32ClN8O9S2-. The van der Waals surface area contributed by atoms with E-state index in [0.29, 0.717) is 12.8 Å². The number of nitrogens with zero attached hydrogens (tertiary/aromatic N) is 4. The number of hydroxylamine groups is 2. The number of fused-ring (bicyclic) bond motifs is 2. The zero-order chi connectivity index (χ0) is 38.1. The molecule has 0 bridgehead atoms. The number of piperidine rings is 1. The topological polar surface area (TPSA) is 270 Å². The lowest BCUT2D eigenvalue weighted by molar-refractivity contribution is 0.0130. The maximum atomic E-state index is 13.7. The second-order valence-corrected chi connectivity index (χ2v) is 16.7. The Balaban J connectivity index is 1.36. The minimum Gasteiger partial charge on any atom is -0.784 e. The van der Waals surface area contributed by atoms with Crippen molar-refractivity contribution < 1.29 is 35.5 Å². The number of aromatic nitrogens is 3. The van der Waals surface area contributed by atoms with E-state index in [-0.39, 0.29) is 57.0 Å². The van der Waals surface area contributed by atoms with Crippen molar-refractivity contribution in [1.29, 1.82) is 0 Å². The third kappa shape index (κ3) is 6.90. The second-order valence-electron chi connectivity index (χ2n) is 13.6. The fourth-order valence-corrected chi connectivity index (χ4v) is 8.30. The van der Waals surface area contributed by atoms with Crippen LogP contribution in [0.25, 0.3) is 0 Å². The van der Waals surface area contributed by atoms with Crippen molar-refractivity contribution >= 4 is 78.0 Å². The highest BCUT2D eigenvalue weighted by atomic mass is 35.5. The molecule has 1 aliphatic carbocycles. The van der Waals surface area contributed by atoms with Crippen molar-refractivity contribution in [1.82, 2.24) is 20.0 Å². The fourth-order valence-electron chi connectivity index (χ4n) is 6.82. The molecule has 17 nitrogen and oxygen atoms in total. The number of rotatable bonds is 8. The molecule has 3 aromatic carbocycles. The highest BCUT2D eigenvalue weighted by Gasteiger charge is 2.41. The fraction of sp³-hybridized carbons (Fsp3) is 0.281. The summed E-state index contributed by atoms with van der Waals surface area (Å²) >= 11 is 6.18. The van der Waals surface area contributed by atoms with Gasteiger partial charge < -0.3 is 32.0 Å². The van der Waals surface area contributed by atoms with Gasteiger partial charge in [-0.15, -0.1) is 0 Å². The smallest absolute Gasteiger partial charge is 0.296 e. The van der Waals surface area contributed by atoms with Crippen molar-refractivity contribution in [2.45, 2.75) is 67.4 Å². The molecule has 7 N–H and O–H groups in total. The predicted molar refractivity (Wildman–Crippen MR) is 192 cm³/mol. The van der Waals surface area contributed by atoms with Gasteiger partial charge in [-0.3, -0.25) is 18.7 Å². The summed E-state index contributed by atoms with van der Waals surface area (Å²) in [6.45, 7) is 7.29. The summed E-state index contributed by atoms with van der Waals surface area (Å²) in [5.41, 5.74) is 2.52. The average molecular weight is 772 g/mol. The van der Waals surface area contributed by atoms with Gasteiger partial charge >= 0.3 is 0 Å². The zero-order valence-corrected chi connectivity index (χ0v) is 30.3. The monoisotopic (exact) mass is 771 g/mol. The zero-order valence-electron chi connectivity index (χ0n) is 27.9. The van der Waals surface area contributed by atoms with Gasteiger partial charge in [-0.2, -0.15) is 31.8 Å². The molecule has 0 spiro atoms. The highest BCUT2D eigenvalue weighted by molar-refractivity contribution is 7.86. The van der Waals surface area contributed by atoms with Crippen molar-refractivity contribution in [3.8, 4) is 0 Å². The summed E-state index contributed by atoms with van der Waals surface area (Å²) in [4.78, 5) is 38.0. The minimum absolute atomic E-state index is 0.00777. The number of benzene rings is 3. The Morgan fingerprint density at radius 3 is 1.94 bits per heavy atom. The van der Waals surface area contributed by atoms with Crippen LogP contribution in [0.3, 0.4) is 0 Å². The number of hydrogen-bond acceptors (Lipinski definition) is 15. The second kappa shape index (κ2) is 12.7. The number of ketones is 2. The Hall–Kier alpha value is -4.76. The van der Waals surface area contributed by atoms with Crippen LogP contribution in [0.5, 0.6) is 0 Å². The first kappa shape index (κ1) is 37.0. The normalized spacial score (nSPS) is 17.3. The molecule has 0 atom stereocenters. The van der Waals surface area contributed by atoms with Crippen LogP contribution < -0.4 is 21.7 Å². The number of hydrogen-bond donors (Lipinski definition) is 6. The van der Waals surface area contributed by atoms with E-state index in [2.05, 4.69) is 30.9 Å². The van der Waals surface area contributed by atoms with Crippen LogP contribution in [0.2, 0.25) is 5.28 Å². The molecule has 4 aromatic rings. The van der Waals surface area contributed by atoms with Gasteiger partial charge in [0.05, 0.1) is 28.2 Å². The van der Waals surface area contributed by atoms with Gasteiger partial charge in [0, 0.05) is 33.9 Å². The lowest BCUT2D eigenvalue weighted by atomic mass is 9.79. The molecule has 1 fully saturated rings. The summed E-state index contributed by atoms with van der Waals surface area (Å²) in [5.74, 6) is -1.64. The molecule has 20 heteroatoms. The molecule has 1 aromatic heterocycles. The van der Waals surface area contributed by atoms with Crippen LogP contribution in [-0.2, 0) is 20.2 Å². The number of carbonyl (C=O) groups excluding carboxylic acids is 2. The minimum atomic E-state index is -5.03. The lowest BCUT2D eigenvalue weighted by Crippen LogP contribution is -2.60. The van der Waals surface area contributed by atoms with Crippen LogP contribution in [-0.4, -0.2) is 74.6 Å². The van der Waals surface area contributed by atoms with Gasteiger partial charge in [-0.25, -0.2) is 0 Å². The van der Waals surface area contributed by atoms with E-state index in [1.54, 1.807) is 0 Å². The third-order valence-corrected chi connectivity index (χ3v) is 10.8. The summed E-state index contributed by atoms with van der Waals surface area (Å²) in [5, 5.41) is 22.2. The molecular weight excluding hydrogens is 740 g/mol. The molecule has 2 aliphatic rings. The first-order valence-corrected chi connectivity index (χ1v) is 18.8. The van der Waals surface area contributed by atoms with E-state index in [1.807, 2.05) is 27.7 Å². The van der Waals surface area contributed by atoms with E-state index in [9.17, 15) is 40.7 Å². The summed E-state index contributed by atoms with van der Waals surface area (Å²) in [7, 11) is -10.0. The molecule has 0 radical (unpaired) electrons. The van der Waals surface area contributed by atoms with E-state index < -0.39 is 63.9 Å². The predicted octanol–water partition coefficient (Wildman–Crippen LogP) is 4.79. The van der Waals surface area contributed by atoms with Gasteiger partial charge in [0.25, 0.3) is 20.2 Å². The van der Waals surface area contributed by atoms with Gasteiger partial charge in [0.15, 0.2) is 11.6 Å². The van der Waals surface area contributed by atoms with Crippen LogP contribution in [0.1, 0.15) is 72.4 Å². The number of nitrogens with one attached hydrogen (secondary N) is 3. The first-order chi connectivity index (χ1) is 24.1. The van der Waals surface area contributed by atoms with Crippen LogP contribution in [0.15, 0.2) is 58.3 Å². The first-order valence-electron chi connectivity index (χ1n) is 15.5. The highest BCUT2D eigenvalue weighted by Crippen LogP contribution is 2.41. The summed E-state index contributed by atoms with van der Waals surface area (Å²) < 4.78 is 70.0. The molecule has 0 unspecified atom stereocenters. The number of carbonyl (C=O) groups is 2. The van der Waals surface area contributed by atoms with Gasteiger partial charge in [-0.1, -0.05) is 24.3 Å². The van der Waals surface area contributed by atoms with Crippen LogP contribution in [0.4, 0.5) is 34.6 Å². The Bertz CT molecular complexity index is 2390. The average Bonchev–Trinajstić information content (AvgIpc) is 3.02. The van der Waals surface area contributed by atoms with Crippen molar-refractivity contribution in [2.24, 2.45) is 0 Å². The Labute approximate surface area is 303 Å². The molecule has 0 saturated carbocycles. The summed E-state index contributed by atoms with van der Waals surface area (Å²) in [6.07, 6.45) is 0.894. The third-order valence-electron chi connectivity index (χ3n) is 8.80. The van der Waals surface area contributed by atoms with E-state index in [1.165, 1.54) is 36.4 Å². The van der Waals surface area contributed by atoms with E-state index in [0.717, 1.165) is 17.2 Å². The Kier molecular flexibility index (Phi) is 9.06. The maximum absolute atomic E-state index is 13.7.